The molecule has 108 valence electrons. The van der Waals surface area contributed by atoms with Gasteiger partial charge in [-0.25, -0.2) is 0 Å². The monoisotopic (exact) mass is 274 g/mol. The van der Waals surface area contributed by atoms with Gasteiger partial charge in [0.15, 0.2) is 0 Å². The van der Waals surface area contributed by atoms with E-state index >= 15 is 0 Å². The third-order valence-corrected chi connectivity index (χ3v) is 4.01. The van der Waals surface area contributed by atoms with E-state index in [2.05, 4.69) is 16.5 Å². The molecule has 0 bridgehead atoms. The number of hydrogen-bond donors (Lipinski definition) is 1. The summed E-state index contributed by atoms with van der Waals surface area (Å²) in [5.41, 5.74) is 0.676. The first-order chi connectivity index (χ1) is 9.60. The van der Waals surface area contributed by atoms with Crippen molar-refractivity contribution >= 4 is 5.91 Å². The Morgan fingerprint density at radius 2 is 2.10 bits per heavy atom. The average molecular weight is 274 g/mol. The Labute approximate surface area is 120 Å². The molecule has 0 unspecified atom stereocenters. The first kappa shape index (κ1) is 14.6. The molecule has 1 N–H and O–H groups in total. The quantitative estimate of drug-likeness (QED) is 0.860. The van der Waals surface area contributed by atoms with Crippen molar-refractivity contribution in [2.45, 2.75) is 57.4 Å². The van der Waals surface area contributed by atoms with Crippen molar-refractivity contribution in [3.63, 3.8) is 0 Å². The van der Waals surface area contributed by atoms with Gasteiger partial charge in [-0.1, -0.05) is 32.6 Å². The molecule has 20 heavy (non-hydrogen) atoms. The van der Waals surface area contributed by atoms with Gasteiger partial charge in [-0.2, -0.15) is 10.4 Å². The van der Waals surface area contributed by atoms with Gasteiger partial charge >= 0.3 is 0 Å². The van der Waals surface area contributed by atoms with Crippen LogP contribution in [0.5, 0.6) is 0 Å². The van der Waals surface area contributed by atoms with Crippen molar-refractivity contribution in [3.05, 3.63) is 17.5 Å². The Hall–Kier alpha value is -1.83. The van der Waals surface area contributed by atoms with Crippen LogP contribution < -0.4 is 5.32 Å². The molecule has 0 aliphatic heterocycles. The third-order valence-electron chi connectivity index (χ3n) is 4.01. The lowest BCUT2D eigenvalue weighted by molar-refractivity contribution is 0.0912. The molecule has 0 aromatic carbocycles. The minimum Gasteiger partial charge on any atom is -0.334 e. The fourth-order valence-corrected chi connectivity index (χ4v) is 2.87. The molecule has 1 fully saturated rings. The molecule has 0 radical (unpaired) electrons. The lowest BCUT2D eigenvalue weighted by atomic mass is 9.91. The van der Waals surface area contributed by atoms with E-state index in [0.717, 1.165) is 44.2 Å². The maximum atomic E-state index is 12.5. The second kappa shape index (κ2) is 6.08. The van der Waals surface area contributed by atoms with E-state index in [-0.39, 0.29) is 5.91 Å². The predicted molar refractivity (Wildman–Crippen MR) is 76.1 cm³/mol. The zero-order chi connectivity index (χ0) is 14.6. The molecular formula is C15H22N4O. The number of nitriles is 1. The van der Waals surface area contributed by atoms with Crippen molar-refractivity contribution in [2.24, 2.45) is 7.05 Å². The van der Waals surface area contributed by atoms with Gasteiger partial charge in [-0.3, -0.25) is 9.48 Å². The van der Waals surface area contributed by atoms with Crippen molar-refractivity contribution in [1.82, 2.24) is 15.1 Å². The van der Waals surface area contributed by atoms with Crippen molar-refractivity contribution in [2.75, 3.05) is 0 Å². The van der Waals surface area contributed by atoms with Crippen molar-refractivity contribution < 1.29 is 4.79 Å². The molecule has 0 atom stereocenters. The number of aryl methyl sites for hydroxylation is 2. The van der Waals surface area contributed by atoms with Crippen LogP contribution in [0.25, 0.3) is 0 Å². The van der Waals surface area contributed by atoms with Gasteiger partial charge in [-0.15, -0.1) is 0 Å². The van der Waals surface area contributed by atoms with Crippen molar-refractivity contribution in [1.29, 1.82) is 5.26 Å². The molecule has 1 saturated carbocycles. The van der Waals surface area contributed by atoms with Crippen LogP contribution in [0.15, 0.2) is 6.20 Å². The highest BCUT2D eigenvalue weighted by Gasteiger charge is 2.33. The Morgan fingerprint density at radius 3 is 2.65 bits per heavy atom. The maximum absolute atomic E-state index is 12.5. The second-order valence-corrected chi connectivity index (χ2v) is 5.58. The van der Waals surface area contributed by atoms with E-state index in [1.165, 1.54) is 0 Å². The van der Waals surface area contributed by atoms with Gasteiger partial charge in [0.1, 0.15) is 5.54 Å². The Morgan fingerprint density at radius 1 is 1.45 bits per heavy atom. The summed E-state index contributed by atoms with van der Waals surface area (Å²) < 4.78 is 1.65. The highest BCUT2D eigenvalue weighted by atomic mass is 16.1. The lowest BCUT2D eigenvalue weighted by Gasteiger charge is -2.26. The Kier molecular flexibility index (Phi) is 4.43. The SMILES string of the molecule is CCc1nn(C)cc1C(=O)NC1(C#N)CCCCCC1. The van der Waals surface area contributed by atoms with Crippen LogP contribution in [0.3, 0.4) is 0 Å². The summed E-state index contributed by atoms with van der Waals surface area (Å²) in [7, 11) is 1.81. The molecule has 5 heteroatoms. The van der Waals surface area contributed by atoms with Crippen molar-refractivity contribution in [3.8, 4) is 6.07 Å². The minimum atomic E-state index is -0.700. The summed E-state index contributed by atoms with van der Waals surface area (Å²) in [6.07, 6.45) is 8.23. The molecule has 1 aliphatic carbocycles. The van der Waals surface area contributed by atoms with Crippen LogP contribution in [0.2, 0.25) is 0 Å². The number of carbonyl (C=O) groups is 1. The topological polar surface area (TPSA) is 70.7 Å². The fraction of sp³-hybridized carbons (Fsp3) is 0.667. The number of amides is 1. The molecule has 1 aromatic heterocycles. The Balaban J connectivity index is 2.18. The van der Waals surface area contributed by atoms with E-state index < -0.39 is 5.54 Å². The number of aromatic nitrogens is 2. The van der Waals surface area contributed by atoms with Crippen LogP contribution in [0, 0.1) is 11.3 Å². The molecular weight excluding hydrogens is 252 g/mol. The molecule has 5 nitrogen and oxygen atoms in total. The maximum Gasteiger partial charge on any atom is 0.256 e. The van der Waals surface area contributed by atoms with Gasteiger partial charge in [0.25, 0.3) is 5.91 Å². The number of hydrogen-bond acceptors (Lipinski definition) is 3. The smallest absolute Gasteiger partial charge is 0.256 e. The molecule has 2 rings (SSSR count). The number of nitrogens with one attached hydrogen (secondary N) is 1. The van der Waals surface area contributed by atoms with E-state index in [1.54, 1.807) is 10.9 Å². The normalized spacial score (nSPS) is 18.1. The highest BCUT2D eigenvalue weighted by Crippen LogP contribution is 2.27. The van der Waals surface area contributed by atoms with Gasteiger partial charge in [0.05, 0.1) is 17.3 Å². The first-order valence-corrected chi connectivity index (χ1v) is 7.36. The second-order valence-electron chi connectivity index (χ2n) is 5.58. The minimum absolute atomic E-state index is 0.168. The van der Waals surface area contributed by atoms with E-state index in [0.29, 0.717) is 12.0 Å². The zero-order valence-electron chi connectivity index (χ0n) is 12.3. The summed E-state index contributed by atoms with van der Waals surface area (Å²) in [4.78, 5) is 12.5. The summed E-state index contributed by atoms with van der Waals surface area (Å²) in [6.45, 7) is 1.98. The molecule has 1 aromatic rings. The fourth-order valence-electron chi connectivity index (χ4n) is 2.87. The summed E-state index contributed by atoms with van der Waals surface area (Å²) in [5, 5.41) is 16.8. The summed E-state index contributed by atoms with van der Waals surface area (Å²) >= 11 is 0. The van der Waals surface area contributed by atoms with Crippen LogP contribution in [-0.2, 0) is 13.5 Å². The molecule has 0 saturated heterocycles. The van der Waals surface area contributed by atoms with Crippen LogP contribution in [0.1, 0.15) is 61.5 Å². The number of rotatable bonds is 3. The highest BCUT2D eigenvalue weighted by molar-refractivity contribution is 5.95. The standard InChI is InChI=1S/C15H22N4O/c1-3-13-12(10-19(2)18-13)14(20)17-15(11-16)8-6-4-5-7-9-15/h10H,3-9H2,1-2H3,(H,17,20). The van der Waals surface area contributed by atoms with E-state index in [9.17, 15) is 10.1 Å². The summed E-state index contributed by atoms with van der Waals surface area (Å²) in [6, 6.07) is 2.34. The van der Waals surface area contributed by atoms with E-state index in [4.69, 9.17) is 0 Å². The van der Waals surface area contributed by atoms with Gasteiger partial charge < -0.3 is 5.32 Å². The number of nitrogens with zero attached hydrogens (tertiary/aromatic N) is 3. The molecule has 1 aliphatic rings. The zero-order valence-corrected chi connectivity index (χ0v) is 12.3. The molecule has 1 heterocycles. The largest absolute Gasteiger partial charge is 0.334 e. The lowest BCUT2D eigenvalue weighted by Crippen LogP contribution is -2.47. The van der Waals surface area contributed by atoms with E-state index in [1.807, 2.05) is 14.0 Å². The average Bonchev–Trinajstić information content (AvgIpc) is 2.68. The van der Waals surface area contributed by atoms with Gasteiger partial charge in [0, 0.05) is 13.2 Å². The van der Waals surface area contributed by atoms with Gasteiger partial charge in [-0.05, 0) is 19.3 Å². The van der Waals surface area contributed by atoms with Crippen LogP contribution in [0.4, 0.5) is 0 Å². The van der Waals surface area contributed by atoms with Crippen LogP contribution in [-0.4, -0.2) is 21.2 Å². The third kappa shape index (κ3) is 3.01. The first-order valence-electron chi connectivity index (χ1n) is 7.36. The molecule has 0 spiro atoms. The Bertz CT molecular complexity index is 518. The van der Waals surface area contributed by atoms with Gasteiger partial charge in [0.2, 0.25) is 0 Å². The predicted octanol–water partition coefficient (Wildman–Crippen LogP) is 2.33. The molecule has 1 amide bonds. The van der Waals surface area contributed by atoms with Crippen LogP contribution >= 0.6 is 0 Å². The summed E-state index contributed by atoms with van der Waals surface area (Å²) in [5.74, 6) is -0.168. The number of carbonyl (C=O) groups excluding carboxylic acids is 1.